The average molecular weight is 325 g/mol. The van der Waals surface area contributed by atoms with E-state index in [2.05, 4.69) is 16.7 Å². The van der Waals surface area contributed by atoms with Gasteiger partial charge in [0.05, 0.1) is 16.1 Å². The van der Waals surface area contributed by atoms with Crippen LogP contribution in [0, 0.1) is 0 Å². The third-order valence-electron chi connectivity index (χ3n) is 4.18. The minimum absolute atomic E-state index is 0.0548. The molecule has 1 saturated carbocycles. The van der Waals surface area contributed by atoms with Gasteiger partial charge in [0.1, 0.15) is 0 Å². The molecule has 21 heavy (non-hydrogen) atoms. The summed E-state index contributed by atoms with van der Waals surface area (Å²) >= 11 is 8.30. The summed E-state index contributed by atoms with van der Waals surface area (Å²) in [5, 5.41) is 1.48. The summed E-state index contributed by atoms with van der Waals surface area (Å²) in [6.07, 6.45) is 7.91. The van der Waals surface area contributed by atoms with Gasteiger partial charge in [0.2, 0.25) is 0 Å². The second kappa shape index (κ2) is 6.93. The maximum atomic E-state index is 12.0. The van der Waals surface area contributed by atoms with Crippen molar-refractivity contribution in [2.45, 2.75) is 50.3 Å². The van der Waals surface area contributed by atoms with Crippen molar-refractivity contribution in [1.29, 1.82) is 0 Å². The van der Waals surface area contributed by atoms with Crippen LogP contribution in [0.5, 0.6) is 0 Å². The number of nitrogens with zero attached hydrogens (tertiary/aromatic N) is 1. The molecule has 0 aliphatic heterocycles. The summed E-state index contributed by atoms with van der Waals surface area (Å²) in [7, 11) is 0. The van der Waals surface area contributed by atoms with Crippen molar-refractivity contribution in [3.05, 3.63) is 33.7 Å². The Morgan fingerprint density at radius 2 is 2.10 bits per heavy atom. The first-order valence-corrected chi connectivity index (χ1v) is 9.17. The number of imidazole rings is 1. The van der Waals surface area contributed by atoms with Gasteiger partial charge in [0, 0.05) is 11.8 Å². The van der Waals surface area contributed by atoms with Crippen molar-refractivity contribution in [2.75, 3.05) is 5.75 Å². The summed E-state index contributed by atoms with van der Waals surface area (Å²) < 4.78 is 1.78. The zero-order valence-corrected chi connectivity index (χ0v) is 13.7. The normalized spacial score (nSPS) is 16.6. The first-order valence-electron chi connectivity index (χ1n) is 7.74. The van der Waals surface area contributed by atoms with E-state index >= 15 is 0 Å². The first kappa shape index (κ1) is 15.0. The minimum Gasteiger partial charge on any atom is -0.305 e. The molecule has 1 aliphatic carbocycles. The fourth-order valence-electron chi connectivity index (χ4n) is 3.09. The third kappa shape index (κ3) is 3.49. The van der Waals surface area contributed by atoms with E-state index in [1.165, 1.54) is 32.1 Å². The molecule has 2 aromatic rings. The summed E-state index contributed by atoms with van der Waals surface area (Å²) in [4.78, 5) is 14.9. The lowest BCUT2D eigenvalue weighted by molar-refractivity contribution is 0.515. The van der Waals surface area contributed by atoms with Gasteiger partial charge in [0.15, 0.2) is 0 Å². The number of aryl methyl sites for hydroxylation is 1. The highest BCUT2D eigenvalue weighted by molar-refractivity contribution is 7.99. The third-order valence-corrected chi connectivity index (χ3v) is 5.95. The molecule has 0 radical (unpaired) electrons. The first-order chi connectivity index (χ1) is 10.3. The quantitative estimate of drug-likeness (QED) is 0.826. The predicted molar refractivity (Wildman–Crippen MR) is 91.5 cm³/mol. The van der Waals surface area contributed by atoms with E-state index < -0.39 is 0 Å². The van der Waals surface area contributed by atoms with Crippen molar-refractivity contribution in [3.8, 4) is 0 Å². The number of hydrogen-bond donors (Lipinski definition) is 1. The molecule has 3 nitrogen and oxygen atoms in total. The number of aromatic nitrogens is 2. The zero-order valence-electron chi connectivity index (χ0n) is 12.1. The number of fused-ring (bicyclic) bond motifs is 1. The van der Waals surface area contributed by atoms with E-state index in [9.17, 15) is 4.79 Å². The predicted octanol–water partition coefficient (Wildman–Crippen LogP) is 4.44. The molecule has 1 aromatic heterocycles. The maximum Gasteiger partial charge on any atom is 0.326 e. The van der Waals surface area contributed by atoms with Gasteiger partial charge in [-0.05, 0) is 37.1 Å². The number of benzene rings is 1. The van der Waals surface area contributed by atoms with Gasteiger partial charge < -0.3 is 4.98 Å². The summed E-state index contributed by atoms with van der Waals surface area (Å²) in [5.41, 5.74) is 1.61. The van der Waals surface area contributed by atoms with Crippen molar-refractivity contribution in [2.24, 2.45) is 0 Å². The lowest BCUT2D eigenvalue weighted by Crippen LogP contribution is -2.17. The topological polar surface area (TPSA) is 37.8 Å². The highest BCUT2D eigenvalue weighted by atomic mass is 35.5. The monoisotopic (exact) mass is 324 g/mol. The molecule has 114 valence electrons. The fraction of sp³-hybridized carbons (Fsp3) is 0.562. The Bertz CT molecular complexity index is 658. The molecule has 1 N–H and O–H groups in total. The second-order valence-electron chi connectivity index (χ2n) is 5.70. The van der Waals surface area contributed by atoms with Crippen molar-refractivity contribution in [3.63, 3.8) is 0 Å². The number of thioether (sulfide) groups is 1. The van der Waals surface area contributed by atoms with Crippen molar-refractivity contribution in [1.82, 2.24) is 9.55 Å². The number of hydrogen-bond acceptors (Lipinski definition) is 2. The smallest absolute Gasteiger partial charge is 0.305 e. The largest absolute Gasteiger partial charge is 0.326 e. The Kier molecular flexibility index (Phi) is 4.96. The van der Waals surface area contributed by atoms with Gasteiger partial charge in [0.25, 0.3) is 0 Å². The van der Waals surface area contributed by atoms with E-state index in [1.807, 2.05) is 18.2 Å². The Balaban J connectivity index is 1.60. The van der Waals surface area contributed by atoms with Gasteiger partial charge in [-0.2, -0.15) is 11.8 Å². The standard InChI is InChI=1S/C16H21ClN2OS/c17-13-8-4-9-14-15(13)19(16(20)18-14)10-5-11-21-12-6-2-1-3-7-12/h4,8-9,12H,1-3,5-7,10-11H2,(H,18,20). The number of rotatable bonds is 5. The number of H-pyrrole nitrogens is 1. The molecule has 3 rings (SSSR count). The lowest BCUT2D eigenvalue weighted by atomic mass is 10.0. The van der Waals surface area contributed by atoms with Crippen LogP contribution >= 0.6 is 23.4 Å². The molecule has 0 spiro atoms. The Morgan fingerprint density at radius 3 is 2.90 bits per heavy atom. The van der Waals surface area contributed by atoms with Crippen molar-refractivity contribution < 1.29 is 0 Å². The highest BCUT2D eigenvalue weighted by Crippen LogP contribution is 2.28. The molecule has 0 atom stereocenters. The number of aromatic amines is 1. The Labute approximate surface area is 134 Å². The molecule has 5 heteroatoms. The minimum atomic E-state index is -0.0548. The van der Waals surface area contributed by atoms with Crippen LogP contribution in [0.1, 0.15) is 38.5 Å². The average Bonchev–Trinajstić information content (AvgIpc) is 2.82. The molecule has 0 bridgehead atoms. The summed E-state index contributed by atoms with van der Waals surface area (Å²) in [5.74, 6) is 1.12. The number of halogens is 1. The molecule has 1 aromatic carbocycles. The van der Waals surface area contributed by atoms with E-state index in [0.29, 0.717) is 5.02 Å². The zero-order chi connectivity index (χ0) is 14.7. The Morgan fingerprint density at radius 1 is 1.29 bits per heavy atom. The maximum absolute atomic E-state index is 12.0. The molecule has 1 heterocycles. The number of para-hydroxylation sites is 1. The van der Waals surface area contributed by atoms with Crippen LogP contribution in [0.3, 0.4) is 0 Å². The van der Waals surface area contributed by atoms with Crippen LogP contribution in [0.15, 0.2) is 23.0 Å². The SMILES string of the molecule is O=c1[nH]c2cccc(Cl)c2n1CCCSC1CCCCC1. The van der Waals surface area contributed by atoms with E-state index in [4.69, 9.17) is 11.6 Å². The molecular formula is C16H21ClN2OS. The molecule has 0 saturated heterocycles. The van der Waals surface area contributed by atoms with E-state index in [0.717, 1.165) is 35.0 Å². The van der Waals surface area contributed by atoms with Gasteiger partial charge in [-0.15, -0.1) is 0 Å². The molecule has 1 fully saturated rings. The fourth-order valence-corrected chi connectivity index (χ4v) is 4.66. The molecular weight excluding hydrogens is 304 g/mol. The van der Waals surface area contributed by atoms with Gasteiger partial charge in [-0.3, -0.25) is 4.57 Å². The molecule has 0 unspecified atom stereocenters. The van der Waals surface area contributed by atoms with Gasteiger partial charge in [-0.1, -0.05) is 36.9 Å². The highest BCUT2D eigenvalue weighted by Gasteiger charge is 2.14. The summed E-state index contributed by atoms with van der Waals surface area (Å²) in [6, 6.07) is 5.60. The van der Waals surface area contributed by atoms with Crippen LogP contribution in [-0.4, -0.2) is 20.6 Å². The van der Waals surface area contributed by atoms with Crippen LogP contribution in [-0.2, 0) is 6.54 Å². The van der Waals surface area contributed by atoms with Crippen LogP contribution in [0.4, 0.5) is 0 Å². The Hall–Kier alpha value is -0.870. The van der Waals surface area contributed by atoms with Crippen LogP contribution in [0.2, 0.25) is 5.02 Å². The van der Waals surface area contributed by atoms with Gasteiger partial charge in [-0.25, -0.2) is 4.79 Å². The molecule has 0 amide bonds. The van der Waals surface area contributed by atoms with E-state index in [1.54, 1.807) is 4.57 Å². The number of nitrogens with one attached hydrogen (secondary N) is 1. The summed E-state index contributed by atoms with van der Waals surface area (Å²) in [6.45, 7) is 0.738. The van der Waals surface area contributed by atoms with Crippen LogP contribution in [0.25, 0.3) is 11.0 Å². The van der Waals surface area contributed by atoms with Crippen molar-refractivity contribution >= 4 is 34.4 Å². The molecule has 1 aliphatic rings. The second-order valence-corrected chi connectivity index (χ2v) is 7.52. The van der Waals surface area contributed by atoms with E-state index in [-0.39, 0.29) is 5.69 Å². The van der Waals surface area contributed by atoms with Gasteiger partial charge >= 0.3 is 5.69 Å². The van der Waals surface area contributed by atoms with Crippen LogP contribution < -0.4 is 5.69 Å². The lowest BCUT2D eigenvalue weighted by Gasteiger charge is -2.20.